The predicted molar refractivity (Wildman–Crippen MR) is 168 cm³/mol. The molecule has 3 N–H and O–H groups in total. The molecule has 1 unspecified atom stereocenters. The largest absolute Gasteiger partial charge is 0.492 e. The number of rotatable bonds is 9. The highest BCUT2D eigenvalue weighted by Gasteiger charge is 2.30. The van der Waals surface area contributed by atoms with E-state index in [1.54, 1.807) is 0 Å². The molecular formula is C34H43N5O5. The summed E-state index contributed by atoms with van der Waals surface area (Å²) < 4.78 is 5.82. The molecule has 4 heterocycles. The Morgan fingerprint density at radius 1 is 0.864 bits per heavy atom. The summed E-state index contributed by atoms with van der Waals surface area (Å²) in [6.07, 6.45) is 6.24. The molecule has 2 aromatic carbocycles. The first-order chi connectivity index (χ1) is 21.4. The van der Waals surface area contributed by atoms with Crippen molar-refractivity contribution in [3.05, 3.63) is 53.6 Å². The standard InChI is InChI=1S/C34H43N5O5/c40-31-8-5-24-4-6-28(21-30(24)36-31)44-19-14-35-33(42)25-12-15-38(16-13-25)22-23-10-17-39(18-11-23)27-3-1-2-26(20-27)29-7-9-32(41)37-34(29)43/h1-4,6,20-21,23,25,29H,5,7-19,22H2,(H,35,42)(H,36,40)(H,37,41,43). The number of ether oxygens (including phenoxy) is 1. The number of anilines is 2. The number of carbonyl (C=O) groups is 4. The van der Waals surface area contributed by atoms with Crippen molar-refractivity contribution in [3.63, 3.8) is 0 Å². The molecule has 3 saturated heterocycles. The van der Waals surface area contributed by atoms with Gasteiger partial charge >= 0.3 is 0 Å². The highest BCUT2D eigenvalue weighted by atomic mass is 16.5. The first kappa shape index (κ1) is 30.1. The molecule has 3 fully saturated rings. The van der Waals surface area contributed by atoms with Gasteiger partial charge < -0.3 is 25.2 Å². The van der Waals surface area contributed by atoms with Crippen molar-refractivity contribution in [2.45, 2.75) is 57.3 Å². The molecule has 0 spiro atoms. The average Bonchev–Trinajstić information content (AvgIpc) is 3.03. The molecule has 44 heavy (non-hydrogen) atoms. The van der Waals surface area contributed by atoms with Gasteiger partial charge in [-0.15, -0.1) is 0 Å². The van der Waals surface area contributed by atoms with E-state index >= 15 is 0 Å². The van der Waals surface area contributed by atoms with Crippen molar-refractivity contribution in [3.8, 4) is 5.75 Å². The topological polar surface area (TPSA) is 120 Å². The molecule has 1 atom stereocenters. The maximum Gasteiger partial charge on any atom is 0.234 e. The maximum absolute atomic E-state index is 12.8. The number of nitrogens with one attached hydrogen (secondary N) is 3. The lowest BCUT2D eigenvalue weighted by Crippen LogP contribution is -2.44. The molecule has 0 radical (unpaired) electrons. The van der Waals surface area contributed by atoms with Crippen LogP contribution in [0.5, 0.6) is 5.75 Å². The molecule has 4 aliphatic rings. The molecule has 10 heteroatoms. The number of likely N-dealkylation sites (tertiary alicyclic amines) is 1. The van der Waals surface area contributed by atoms with Crippen molar-refractivity contribution in [1.29, 1.82) is 0 Å². The molecule has 0 aliphatic carbocycles. The summed E-state index contributed by atoms with van der Waals surface area (Å²) in [6.45, 7) is 5.80. The molecular weight excluding hydrogens is 558 g/mol. The Morgan fingerprint density at radius 3 is 2.45 bits per heavy atom. The van der Waals surface area contributed by atoms with Crippen LogP contribution >= 0.6 is 0 Å². The molecule has 10 nitrogen and oxygen atoms in total. The van der Waals surface area contributed by atoms with E-state index in [4.69, 9.17) is 4.74 Å². The Morgan fingerprint density at radius 2 is 1.66 bits per heavy atom. The normalized spacial score (nSPS) is 21.8. The molecule has 0 bridgehead atoms. The zero-order chi connectivity index (χ0) is 30.5. The van der Waals surface area contributed by atoms with Gasteiger partial charge in [-0.1, -0.05) is 18.2 Å². The Labute approximate surface area is 258 Å². The number of piperidine rings is 3. The number of imide groups is 1. The molecule has 0 saturated carbocycles. The van der Waals surface area contributed by atoms with E-state index in [1.165, 1.54) is 0 Å². The summed E-state index contributed by atoms with van der Waals surface area (Å²) in [5.74, 6) is 0.900. The first-order valence-electron chi connectivity index (χ1n) is 16.2. The Hall–Kier alpha value is -3.92. The smallest absolute Gasteiger partial charge is 0.234 e. The number of fused-ring (bicyclic) bond motifs is 1. The van der Waals surface area contributed by atoms with E-state index in [2.05, 4.69) is 37.9 Å². The van der Waals surface area contributed by atoms with Crippen LogP contribution in [0.4, 0.5) is 11.4 Å². The molecule has 4 amide bonds. The van der Waals surface area contributed by atoms with Crippen molar-refractivity contribution >= 4 is 35.0 Å². The number of nitrogens with zero attached hydrogens (tertiary/aromatic N) is 2. The number of benzene rings is 2. The lowest BCUT2D eigenvalue weighted by molar-refractivity contribution is -0.134. The monoisotopic (exact) mass is 601 g/mol. The Balaban J connectivity index is 0.878. The summed E-state index contributed by atoms with van der Waals surface area (Å²) in [7, 11) is 0. The average molecular weight is 602 g/mol. The number of amides is 4. The van der Waals surface area contributed by atoms with E-state index in [-0.39, 0.29) is 35.5 Å². The summed E-state index contributed by atoms with van der Waals surface area (Å²) >= 11 is 0. The van der Waals surface area contributed by atoms with Crippen LogP contribution in [0.1, 0.15) is 62.0 Å². The lowest BCUT2D eigenvalue weighted by Gasteiger charge is -2.38. The number of hydrogen-bond donors (Lipinski definition) is 3. The Kier molecular flexibility index (Phi) is 9.45. The summed E-state index contributed by atoms with van der Waals surface area (Å²) in [4.78, 5) is 53.3. The van der Waals surface area contributed by atoms with Crippen molar-refractivity contribution in [1.82, 2.24) is 15.5 Å². The van der Waals surface area contributed by atoms with Gasteiger partial charge in [0, 0.05) is 55.8 Å². The SMILES string of the molecule is O=C1CCC(c2cccc(N3CCC(CN4CCC(C(=O)NCCOc5ccc6c(c5)NC(=O)CC6)CC4)CC3)c2)C(=O)N1. The highest BCUT2D eigenvalue weighted by molar-refractivity contribution is 6.01. The van der Waals surface area contributed by atoms with Gasteiger partial charge in [0.25, 0.3) is 0 Å². The van der Waals surface area contributed by atoms with Crippen LogP contribution in [0.3, 0.4) is 0 Å². The van der Waals surface area contributed by atoms with E-state index in [0.29, 0.717) is 44.1 Å². The maximum atomic E-state index is 12.8. The van der Waals surface area contributed by atoms with Crippen LogP contribution in [0.15, 0.2) is 42.5 Å². The van der Waals surface area contributed by atoms with E-state index in [0.717, 1.165) is 87.3 Å². The van der Waals surface area contributed by atoms with Crippen molar-refractivity contribution in [2.75, 3.05) is 56.1 Å². The van der Waals surface area contributed by atoms with Crippen LogP contribution in [-0.2, 0) is 25.6 Å². The molecule has 4 aliphatic heterocycles. The first-order valence-corrected chi connectivity index (χ1v) is 16.2. The quantitative estimate of drug-likeness (QED) is 0.298. The minimum Gasteiger partial charge on any atom is -0.492 e. The third-order valence-electron chi connectivity index (χ3n) is 9.61. The lowest BCUT2D eigenvalue weighted by atomic mass is 9.89. The second-order valence-corrected chi connectivity index (χ2v) is 12.6. The summed E-state index contributed by atoms with van der Waals surface area (Å²) in [5.41, 5.74) is 4.08. The van der Waals surface area contributed by atoms with Gasteiger partial charge in [-0.2, -0.15) is 0 Å². The van der Waals surface area contributed by atoms with Gasteiger partial charge in [-0.05, 0) is 86.9 Å². The third kappa shape index (κ3) is 7.41. The number of carbonyl (C=O) groups excluding carboxylic acids is 4. The number of hydrogen-bond acceptors (Lipinski definition) is 7. The fraction of sp³-hybridized carbons (Fsp3) is 0.529. The van der Waals surface area contributed by atoms with Crippen LogP contribution in [-0.4, -0.2) is 74.4 Å². The zero-order valence-electron chi connectivity index (χ0n) is 25.3. The molecule has 0 aromatic heterocycles. The van der Waals surface area contributed by atoms with Gasteiger partial charge in [0.1, 0.15) is 12.4 Å². The molecule has 6 rings (SSSR count). The molecule has 234 valence electrons. The third-order valence-corrected chi connectivity index (χ3v) is 9.61. The van der Waals surface area contributed by atoms with Crippen molar-refractivity contribution < 1.29 is 23.9 Å². The second-order valence-electron chi connectivity index (χ2n) is 12.6. The second kappa shape index (κ2) is 13.8. The minimum atomic E-state index is -0.255. The van der Waals surface area contributed by atoms with E-state index < -0.39 is 0 Å². The predicted octanol–water partition coefficient (Wildman–Crippen LogP) is 3.22. The van der Waals surface area contributed by atoms with Crippen LogP contribution in [0, 0.1) is 11.8 Å². The highest BCUT2D eigenvalue weighted by Crippen LogP contribution is 2.31. The van der Waals surface area contributed by atoms with Crippen LogP contribution in [0.25, 0.3) is 0 Å². The zero-order valence-corrected chi connectivity index (χ0v) is 25.3. The number of aryl methyl sites for hydroxylation is 1. The van der Waals surface area contributed by atoms with Gasteiger partial charge in [0.05, 0.1) is 12.5 Å². The van der Waals surface area contributed by atoms with Gasteiger partial charge in [-0.25, -0.2) is 0 Å². The van der Waals surface area contributed by atoms with E-state index in [9.17, 15) is 19.2 Å². The fourth-order valence-corrected chi connectivity index (χ4v) is 6.99. The van der Waals surface area contributed by atoms with Gasteiger partial charge in [0.2, 0.25) is 23.6 Å². The van der Waals surface area contributed by atoms with Crippen molar-refractivity contribution in [2.24, 2.45) is 11.8 Å². The summed E-state index contributed by atoms with van der Waals surface area (Å²) in [6, 6.07) is 14.0. The van der Waals surface area contributed by atoms with Gasteiger partial charge in [0.15, 0.2) is 0 Å². The van der Waals surface area contributed by atoms with Gasteiger partial charge in [-0.3, -0.25) is 24.5 Å². The molecule has 2 aromatic rings. The minimum absolute atomic E-state index is 0.0323. The fourth-order valence-electron chi connectivity index (χ4n) is 6.99. The van der Waals surface area contributed by atoms with Crippen LogP contribution < -0.4 is 25.6 Å². The summed E-state index contributed by atoms with van der Waals surface area (Å²) in [5, 5.41) is 8.41. The van der Waals surface area contributed by atoms with Crippen LogP contribution in [0.2, 0.25) is 0 Å². The Bertz CT molecular complexity index is 1380. The van der Waals surface area contributed by atoms with E-state index in [1.807, 2.05) is 30.3 Å².